The van der Waals surface area contributed by atoms with E-state index in [0.717, 1.165) is 30.7 Å². The van der Waals surface area contributed by atoms with E-state index in [1.165, 1.54) is 5.56 Å². The van der Waals surface area contributed by atoms with Gasteiger partial charge in [0.05, 0.1) is 6.10 Å². The summed E-state index contributed by atoms with van der Waals surface area (Å²) in [6.45, 7) is 0.625. The largest absolute Gasteiger partial charge is 0.393 e. The standard InChI is InChI=1S/C13H18ClNO/c14-11-3-1-2-10(8-11)13(9-15)6-4-12(16)5-7-13/h1-3,8,12,16H,4-7,9,15H2/t12-,13-. The fourth-order valence-corrected chi connectivity index (χ4v) is 2.77. The summed E-state index contributed by atoms with van der Waals surface area (Å²) in [5.74, 6) is 0. The molecule has 0 saturated heterocycles. The molecule has 3 heteroatoms. The van der Waals surface area contributed by atoms with Crippen LogP contribution >= 0.6 is 11.6 Å². The minimum atomic E-state index is -0.154. The van der Waals surface area contributed by atoms with Crippen LogP contribution in [0.15, 0.2) is 24.3 Å². The summed E-state index contributed by atoms with van der Waals surface area (Å²) in [7, 11) is 0. The van der Waals surface area contributed by atoms with Crippen molar-refractivity contribution in [2.45, 2.75) is 37.2 Å². The Labute approximate surface area is 101 Å². The van der Waals surface area contributed by atoms with Crippen LogP contribution in [-0.2, 0) is 5.41 Å². The van der Waals surface area contributed by atoms with E-state index in [4.69, 9.17) is 17.3 Å². The van der Waals surface area contributed by atoms with Crippen molar-refractivity contribution in [2.75, 3.05) is 6.54 Å². The van der Waals surface area contributed by atoms with Gasteiger partial charge in [-0.3, -0.25) is 0 Å². The normalized spacial score (nSPS) is 30.3. The third-order valence-electron chi connectivity index (χ3n) is 3.74. The molecule has 1 aliphatic rings. The summed E-state index contributed by atoms with van der Waals surface area (Å²) < 4.78 is 0. The summed E-state index contributed by atoms with van der Waals surface area (Å²) in [4.78, 5) is 0. The second-order valence-corrected chi connectivity index (χ2v) is 5.16. The summed E-state index contributed by atoms with van der Waals surface area (Å²) in [6.07, 6.45) is 3.42. The fourth-order valence-electron chi connectivity index (χ4n) is 2.58. The van der Waals surface area contributed by atoms with Crippen LogP contribution in [-0.4, -0.2) is 17.8 Å². The molecule has 0 atom stereocenters. The molecule has 2 rings (SSSR count). The summed E-state index contributed by atoms with van der Waals surface area (Å²) in [5, 5.41) is 10.3. The number of halogens is 1. The molecule has 1 aromatic carbocycles. The smallest absolute Gasteiger partial charge is 0.0541 e. The van der Waals surface area contributed by atoms with Gasteiger partial charge in [-0.1, -0.05) is 23.7 Å². The van der Waals surface area contributed by atoms with E-state index in [2.05, 4.69) is 6.07 Å². The molecule has 0 amide bonds. The Hall–Kier alpha value is -0.570. The first kappa shape index (κ1) is 11.9. The highest BCUT2D eigenvalue weighted by molar-refractivity contribution is 6.30. The Morgan fingerprint density at radius 1 is 1.38 bits per heavy atom. The maximum Gasteiger partial charge on any atom is 0.0541 e. The van der Waals surface area contributed by atoms with Gasteiger partial charge in [-0.2, -0.15) is 0 Å². The molecule has 0 heterocycles. The average molecular weight is 240 g/mol. The number of hydrogen-bond donors (Lipinski definition) is 2. The van der Waals surface area contributed by atoms with Crippen LogP contribution in [0.5, 0.6) is 0 Å². The number of aliphatic hydroxyl groups is 1. The number of rotatable bonds is 2. The van der Waals surface area contributed by atoms with Crippen LogP contribution < -0.4 is 5.73 Å². The van der Waals surface area contributed by atoms with Crippen LogP contribution in [0, 0.1) is 0 Å². The number of hydrogen-bond acceptors (Lipinski definition) is 2. The Balaban J connectivity index is 2.28. The number of aliphatic hydroxyl groups excluding tert-OH is 1. The lowest BCUT2D eigenvalue weighted by atomic mass is 9.69. The minimum absolute atomic E-state index is 0.0180. The molecule has 0 radical (unpaired) electrons. The van der Waals surface area contributed by atoms with Crippen molar-refractivity contribution >= 4 is 11.6 Å². The molecule has 0 spiro atoms. The topological polar surface area (TPSA) is 46.2 Å². The molecular weight excluding hydrogens is 222 g/mol. The van der Waals surface area contributed by atoms with E-state index in [-0.39, 0.29) is 11.5 Å². The summed E-state index contributed by atoms with van der Waals surface area (Å²) in [6, 6.07) is 7.95. The average Bonchev–Trinajstić information content (AvgIpc) is 2.31. The van der Waals surface area contributed by atoms with Gasteiger partial charge in [0.15, 0.2) is 0 Å². The lowest BCUT2D eigenvalue weighted by Crippen LogP contribution is -2.40. The zero-order valence-corrected chi connectivity index (χ0v) is 10.1. The first-order valence-electron chi connectivity index (χ1n) is 5.80. The molecule has 0 bridgehead atoms. The van der Waals surface area contributed by atoms with Crippen molar-refractivity contribution in [1.82, 2.24) is 0 Å². The first-order chi connectivity index (χ1) is 7.66. The highest BCUT2D eigenvalue weighted by atomic mass is 35.5. The Bertz CT molecular complexity index is 359. The van der Waals surface area contributed by atoms with Gasteiger partial charge in [0.25, 0.3) is 0 Å². The first-order valence-corrected chi connectivity index (χ1v) is 6.18. The Morgan fingerprint density at radius 2 is 2.06 bits per heavy atom. The van der Waals surface area contributed by atoms with Gasteiger partial charge in [-0.05, 0) is 43.4 Å². The Morgan fingerprint density at radius 3 is 2.62 bits per heavy atom. The molecule has 1 aromatic rings. The lowest BCUT2D eigenvalue weighted by molar-refractivity contribution is 0.0975. The maximum atomic E-state index is 9.57. The second kappa shape index (κ2) is 4.74. The fraction of sp³-hybridized carbons (Fsp3) is 0.538. The van der Waals surface area contributed by atoms with Crippen LogP contribution in [0.4, 0.5) is 0 Å². The number of benzene rings is 1. The molecule has 1 aliphatic carbocycles. The van der Waals surface area contributed by atoms with E-state index in [1.54, 1.807) is 0 Å². The van der Waals surface area contributed by atoms with Gasteiger partial charge < -0.3 is 10.8 Å². The predicted octanol–water partition coefficient (Wildman–Crippen LogP) is 2.47. The van der Waals surface area contributed by atoms with Crippen molar-refractivity contribution in [3.8, 4) is 0 Å². The van der Waals surface area contributed by atoms with Gasteiger partial charge in [0.2, 0.25) is 0 Å². The highest BCUT2D eigenvalue weighted by Gasteiger charge is 2.35. The molecule has 0 aromatic heterocycles. The second-order valence-electron chi connectivity index (χ2n) is 4.73. The van der Waals surface area contributed by atoms with E-state index < -0.39 is 0 Å². The SMILES string of the molecule is NC[C@]1(c2cccc(Cl)c2)CC[C@H](O)CC1. The van der Waals surface area contributed by atoms with Crippen molar-refractivity contribution in [3.05, 3.63) is 34.9 Å². The molecule has 1 fully saturated rings. The molecule has 16 heavy (non-hydrogen) atoms. The van der Waals surface area contributed by atoms with Gasteiger partial charge in [-0.25, -0.2) is 0 Å². The van der Waals surface area contributed by atoms with Crippen LogP contribution in [0.3, 0.4) is 0 Å². The molecule has 0 aliphatic heterocycles. The third-order valence-corrected chi connectivity index (χ3v) is 3.98. The van der Waals surface area contributed by atoms with E-state index in [9.17, 15) is 5.11 Å². The zero-order chi connectivity index (χ0) is 11.6. The molecule has 88 valence electrons. The minimum Gasteiger partial charge on any atom is -0.393 e. The summed E-state index contributed by atoms with van der Waals surface area (Å²) in [5.41, 5.74) is 7.18. The summed E-state index contributed by atoms with van der Waals surface area (Å²) >= 11 is 6.02. The van der Waals surface area contributed by atoms with Crippen molar-refractivity contribution in [2.24, 2.45) is 5.73 Å². The molecule has 2 nitrogen and oxygen atoms in total. The molecule has 3 N–H and O–H groups in total. The predicted molar refractivity (Wildman–Crippen MR) is 66.7 cm³/mol. The lowest BCUT2D eigenvalue weighted by Gasteiger charge is -2.38. The molecule has 1 saturated carbocycles. The zero-order valence-electron chi connectivity index (χ0n) is 9.32. The third kappa shape index (κ3) is 2.24. The van der Waals surface area contributed by atoms with Gasteiger partial charge in [0, 0.05) is 17.0 Å². The van der Waals surface area contributed by atoms with Gasteiger partial charge in [-0.15, -0.1) is 0 Å². The van der Waals surface area contributed by atoms with Crippen LogP contribution in [0.2, 0.25) is 5.02 Å². The van der Waals surface area contributed by atoms with Crippen molar-refractivity contribution < 1.29 is 5.11 Å². The highest BCUT2D eigenvalue weighted by Crippen LogP contribution is 2.39. The monoisotopic (exact) mass is 239 g/mol. The van der Waals surface area contributed by atoms with Crippen LogP contribution in [0.1, 0.15) is 31.2 Å². The van der Waals surface area contributed by atoms with E-state index in [0.29, 0.717) is 6.54 Å². The molecular formula is C13H18ClNO. The van der Waals surface area contributed by atoms with E-state index >= 15 is 0 Å². The number of nitrogens with two attached hydrogens (primary N) is 1. The van der Waals surface area contributed by atoms with Crippen molar-refractivity contribution in [3.63, 3.8) is 0 Å². The van der Waals surface area contributed by atoms with E-state index in [1.807, 2.05) is 18.2 Å². The van der Waals surface area contributed by atoms with Crippen LogP contribution in [0.25, 0.3) is 0 Å². The quantitative estimate of drug-likeness (QED) is 0.833. The molecule has 0 unspecified atom stereocenters. The van der Waals surface area contributed by atoms with Gasteiger partial charge >= 0.3 is 0 Å². The van der Waals surface area contributed by atoms with Crippen molar-refractivity contribution in [1.29, 1.82) is 0 Å². The van der Waals surface area contributed by atoms with Gasteiger partial charge in [0.1, 0.15) is 0 Å². The Kier molecular flexibility index (Phi) is 3.53. The maximum absolute atomic E-state index is 9.57.